The molecule has 1 heterocycles. The van der Waals surface area contributed by atoms with Gasteiger partial charge in [-0.15, -0.1) is 0 Å². The van der Waals surface area contributed by atoms with Crippen LogP contribution < -0.4 is 15.4 Å². The van der Waals surface area contributed by atoms with Crippen LogP contribution in [0.4, 0.5) is 5.69 Å². The summed E-state index contributed by atoms with van der Waals surface area (Å²) in [5, 5.41) is 17.1. The number of halogens is 1. The lowest BCUT2D eigenvalue weighted by Gasteiger charge is -2.29. The second-order valence-electron chi connectivity index (χ2n) is 7.33. The van der Waals surface area contributed by atoms with E-state index in [1.165, 1.54) is 18.7 Å². The second-order valence-corrected chi connectivity index (χ2v) is 8.75. The number of ketones is 1. The van der Waals surface area contributed by atoms with Gasteiger partial charge in [0.25, 0.3) is 0 Å². The molecule has 2 aromatic carbocycles. The number of carbonyl (C=O) groups excluding carboxylic acids is 2. The van der Waals surface area contributed by atoms with Crippen LogP contribution in [-0.4, -0.2) is 24.1 Å². The van der Waals surface area contributed by atoms with Crippen LogP contribution in [0.15, 0.2) is 70.4 Å². The number of hydrogen-bond donors (Lipinski definition) is 2. The normalized spacial score (nSPS) is 15.5. The minimum absolute atomic E-state index is 0.0734. The molecule has 1 atom stereocenters. The first kappa shape index (κ1) is 24.4. The summed E-state index contributed by atoms with van der Waals surface area (Å²) in [6.07, 6.45) is 0. The number of rotatable bonds is 8. The fourth-order valence-electron chi connectivity index (χ4n) is 3.66. The molecule has 2 aromatic rings. The minimum Gasteiger partial charge on any atom is -0.492 e. The molecule has 170 valence electrons. The third-order valence-corrected chi connectivity index (χ3v) is 6.31. The van der Waals surface area contributed by atoms with Crippen molar-refractivity contribution in [1.29, 1.82) is 5.26 Å². The summed E-state index contributed by atoms with van der Waals surface area (Å²) in [5.74, 6) is -0.221. The third kappa shape index (κ3) is 5.78. The maximum Gasteiger partial charge on any atom is 0.234 e. The van der Waals surface area contributed by atoms with Gasteiger partial charge in [0, 0.05) is 16.3 Å². The van der Waals surface area contributed by atoms with Crippen LogP contribution in [0.1, 0.15) is 32.3 Å². The van der Waals surface area contributed by atoms with E-state index in [2.05, 4.69) is 16.7 Å². The summed E-state index contributed by atoms with van der Waals surface area (Å²) in [7, 11) is 0. The van der Waals surface area contributed by atoms with E-state index < -0.39 is 5.92 Å². The molecule has 0 saturated carbocycles. The van der Waals surface area contributed by atoms with Crippen LogP contribution in [-0.2, 0) is 9.59 Å². The first-order valence-corrected chi connectivity index (χ1v) is 11.7. The highest BCUT2D eigenvalue weighted by Crippen LogP contribution is 2.41. The summed E-state index contributed by atoms with van der Waals surface area (Å²) in [4.78, 5) is 25.1. The third-order valence-electron chi connectivity index (χ3n) is 5.04. The monoisotopic (exact) mass is 481 g/mol. The molecule has 0 saturated heterocycles. The lowest BCUT2D eigenvalue weighted by Crippen LogP contribution is -2.27. The Labute approximate surface area is 202 Å². The number of thioether (sulfide) groups is 1. The Morgan fingerprint density at radius 3 is 2.55 bits per heavy atom. The van der Waals surface area contributed by atoms with E-state index in [4.69, 9.17) is 16.3 Å². The van der Waals surface area contributed by atoms with Gasteiger partial charge in [-0.3, -0.25) is 9.59 Å². The Balaban J connectivity index is 1.85. The number of para-hydroxylation sites is 2. The predicted octanol–water partition coefficient (Wildman–Crippen LogP) is 5.40. The molecular weight excluding hydrogens is 458 g/mol. The Morgan fingerprint density at radius 2 is 1.91 bits per heavy atom. The molecule has 0 bridgehead atoms. The van der Waals surface area contributed by atoms with E-state index in [9.17, 15) is 14.9 Å². The van der Waals surface area contributed by atoms with Crippen LogP contribution in [0.25, 0.3) is 0 Å². The zero-order valence-corrected chi connectivity index (χ0v) is 20.1. The number of nitrogens with one attached hydrogen (secondary N) is 2. The number of dihydropyridines is 1. The van der Waals surface area contributed by atoms with E-state index in [1.807, 2.05) is 31.2 Å². The first-order chi connectivity index (χ1) is 15.8. The first-order valence-electron chi connectivity index (χ1n) is 10.4. The maximum atomic E-state index is 12.6. The molecule has 1 amide bonds. The Morgan fingerprint density at radius 1 is 1.21 bits per heavy atom. The fraction of sp³-hybridized carbons (Fsp3) is 0.240. The van der Waals surface area contributed by atoms with Crippen LogP contribution >= 0.6 is 23.4 Å². The molecule has 1 aliphatic heterocycles. The fourth-order valence-corrected chi connectivity index (χ4v) is 4.68. The Hall–Kier alpha value is -3.21. The topological polar surface area (TPSA) is 91.2 Å². The van der Waals surface area contributed by atoms with Crippen molar-refractivity contribution in [2.45, 2.75) is 26.7 Å². The van der Waals surface area contributed by atoms with E-state index in [-0.39, 0.29) is 17.4 Å². The molecule has 0 radical (unpaired) electrons. The molecule has 0 fully saturated rings. The molecule has 0 spiro atoms. The van der Waals surface area contributed by atoms with Gasteiger partial charge in [-0.2, -0.15) is 5.26 Å². The minimum atomic E-state index is -0.532. The van der Waals surface area contributed by atoms with E-state index in [1.54, 1.807) is 31.2 Å². The van der Waals surface area contributed by atoms with Gasteiger partial charge in [-0.25, -0.2) is 0 Å². The van der Waals surface area contributed by atoms with Crippen molar-refractivity contribution >= 4 is 40.7 Å². The number of hydrogen-bond acceptors (Lipinski definition) is 6. The van der Waals surface area contributed by atoms with Gasteiger partial charge < -0.3 is 15.4 Å². The van der Waals surface area contributed by atoms with Crippen molar-refractivity contribution in [3.8, 4) is 11.8 Å². The van der Waals surface area contributed by atoms with E-state index >= 15 is 0 Å². The molecule has 8 heteroatoms. The Kier molecular flexibility index (Phi) is 8.21. The van der Waals surface area contributed by atoms with Crippen molar-refractivity contribution < 1.29 is 14.3 Å². The highest BCUT2D eigenvalue weighted by Gasteiger charge is 2.33. The average molecular weight is 482 g/mol. The van der Waals surface area contributed by atoms with E-state index in [0.717, 1.165) is 5.56 Å². The van der Waals surface area contributed by atoms with Crippen LogP contribution in [0.3, 0.4) is 0 Å². The average Bonchev–Trinajstić information content (AvgIpc) is 2.79. The summed E-state index contributed by atoms with van der Waals surface area (Å²) in [6, 6.07) is 16.6. The SMILES string of the molecule is CCOc1ccccc1NC(=O)CSC1=C(C#N)[C@H](c2ccc(Cl)cc2)C(C(C)=O)=C(C)N1. The number of nitrogens with zero attached hydrogens (tertiary/aromatic N) is 1. The predicted molar refractivity (Wildman–Crippen MR) is 132 cm³/mol. The number of Topliss-reactive ketones (excluding diaryl/α,β-unsaturated/α-hetero) is 1. The number of carbonyl (C=O) groups is 2. The number of benzene rings is 2. The highest BCUT2D eigenvalue weighted by atomic mass is 35.5. The number of ether oxygens (including phenoxy) is 1. The van der Waals surface area contributed by atoms with Gasteiger partial charge in [-0.05, 0) is 50.6 Å². The van der Waals surface area contributed by atoms with Gasteiger partial charge in [-0.1, -0.05) is 47.6 Å². The summed E-state index contributed by atoms with van der Waals surface area (Å²) < 4.78 is 5.55. The smallest absolute Gasteiger partial charge is 0.234 e. The van der Waals surface area contributed by atoms with Gasteiger partial charge in [0.1, 0.15) is 5.75 Å². The van der Waals surface area contributed by atoms with Crippen molar-refractivity contribution in [2.24, 2.45) is 0 Å². The van der Waals surface area contributed by atoms with Crippen molar-refractivity contribution in [3.63, 3.8) is 0 Å². The van der Waals surface area contributed by atoms with Crippen LogP contribution in [0.2, 0.25) is 5.02 Å². The largest absolute Gasteiger partial charge is 0.492 e. The molecule has 2 N–H and O–H groups in total. The maximum absolute atomic E-state index is 12.6. The van der Waals surface area contributed by atoms with Gasteiger partial charge in [0.05, 0.1) is 40.6 Å². The van der Waals surface area contributed by atoms with Crippen molar-refractivity contribution in [2.75, 3.05) is 17.7 Å². The molecule has 0 aromatic heterocycles. The molecule has 0 unspecified atom stereocenters. The van der Waals surface area contributed by atoms with Gasteiger partial charge in [0.15, 0.2) is 5.78 Å². The van der Waals surface area contributed by atoms with Crippen molar-refractivity contribution in [3.05, 3.63) is 81.0 Å². The highest BCUT2D eigenvalue weighted by molar-refractivity contribution is 8.03. The van der Waals surface area contributed by atoms with Gasteiger partial charge in [0.2, 0.25) is 5.91 Å². The molecular formula is C25H24ClN3O3S. The zero-order valence-electron chi connectivity index (χ0n) is 18.6. The number of nitriles is 1. The van der Waals surface area contributed by atoms with Gasteiger partial charge >= 0.3 is 0 Å². The van der Waals surface area contributed by atoms with E-state index in [0.29, 0.717) is 44.9 Å². The molecule has 1 aliphatic rings. The zero-order chi connectivity index (χ0) is 24.0. The molecule has 3 rings (SSSR count). The van der Waals surface area contributed by atoms with Crippen LogP contribution in [0.5, 0.6) is 5.75 Å². The van der Waals surface area contributed by atoms with Crippen LogP contribution in [0, 0.1) is 11.3 Å². The molecule has 33 heavy (non-hydrogen) atoms. The lowest BCUT2D eigenvalue weighted by molar-refractivity contribution is -0.114. The summed E-state index contributed by atoms with van der Waals surface area (Å²) in [6.45, 7) is 5.65. The number of anilines is 1. The summed E-state index contributed by atoms with van der Waals surface area (Å²) in [5.41, 5.74) is 2.94. The second kappa shape index (κ2) is 11.1. The number of allylic oxidation sites excluding steroid dienone is 3. The lowest BCUT2D eigenvalue weighted by atomic mass is 9.81. The molecule has 0 aliphatic carbocycles. The molecule has 6 nitrogen and oxygen atoms in total. The quantitative estimate of drug-likeness (QED) is 0.524. The summed E-state index contributed by atoms with van der Waals surface area (Å²) >= 11 is 7.25. The number of amides is 1. The standard InChI is InChI=1S/C25H24ClN3O3S/c1-4-32-21-8-6-5-7-20(21)29-22(31)14-33-25-19(13-27)24(17-9-11-18(26)12-10-17)23(16(3)30)15(2)28-25/h5-12,24,28H,4,14H2,1-3H3,(H,29,31)/t24-/m0/s1. The van der Waals surface area contributed by atoms with Crippen molar-refractivity contribution in [1.82, 2.24) is 5.32 Å². The Bertz CT molecular complexity index is 1170.